The van der Waals surface area contributed by atoms with E-state index >= 15 is 0 Å². The third-order valence-electron chi connectivity index (χ3n) is 2.33. The second-order valence-corrected chi connectivity index (χ2v) is 4.09. The van der Waals surface area contributed by atoms with E-state index in [0.717, 1.165) is 12.8 Å². The average molecular weight is 229 g/mol. The van der Waals surface area contributed by atoms with Crippen LogP contribution in [-0.2, 0) is 9.59 Å². The minimum absolute atomic E-state index is 0.0366. The molecule has 0 heterocycles. The smallest absolute Gasteiger partial charge is 0.237 e. The number of primary amides is 1. The monoisotopic (exact) mass is 229 g/mol. The van der Waals surface area contributed by atoms with Crippen molar-refractivity contribution in [2.45, 2.75) is 52.1 Å². The van der Waals surface area contributed by atoms with Gasteiger partial charge in [-0.1, -0.05) is 13.3 Å². The normalized spacial score (nSPS) is 14.2. The molecule has 2 unspecified atom stereocenters. The van der Waals surface area contributed by atoms with Crippen molar-refractivity contribution in [2.75, 3.05) is 6.54 Å². The van der Waals surface area contributed by atoms with Gasteiger partial charge in [0.1, 0.15) is 0 Å². The molecule has 0 radical (unpaired) electrons. The summed E-state index contributed by atoms with van der Waals surface area (Å²) in [7, 11) is 0. The van der Waals surface area contributed by atoms with Crippen molar-refractivity contribution in [1.82, 2.24) is 10.6 Å². The molecule has 5 nitrogen and oxygen atoms in total. The number of hydrogen-bond acceptors (Lipinski definition) is 3. The summed E-state index contributed by atoms with van der Waals surface area (Å²) in [6, 6.07) is -0.100. The summed E-state index contributed by atoms with van der Waals surface area (Å²) >= 11 is 0. The first-order chi connectivity index (χ1) is 7.47. The Hall–Kier alpha value is -1.10. The maximum absolute atomic E-state index is 11.6. The van der Waals surface area contributed by atoms with Crippen molar-refractivity contribution in [1.29, 1.82) is 0 Å². The van der Waals surface area contributed by atoms with E-state index in [2.05, 4.69) is 17.6 Å². The van der Waals surface area contributed by atoms with Crippen LogP contribution >= 0.6 is 0 Å². The molecule has 94 valence electrons. The molecule has 0 fully saturated rings. The molecule has 2 atom stereocenters. The SMILES string of the molecule is CCCC(C)NC(=O)C(C)NCCC(N)=O. The van der Waals surface area contributed by atoms with E-state index in [9.17, 15) is 9.59 Å². The Labute approximate surface area is 97.2 Å². The molecule has 0 bridgehead atoms. The zero-order valence-corrected chi connectivity index (χ0v) is 10.4. The summed E-state index contributed by atoms with van der Waals surface area (Å²) in [5, 5.41) is 5.85. The van der Waals surface area contributed by atoms with E-state index in [-0.39, 0.29) is 30.3 Å². The van der Waals surface area contributed by atoms with Crippen LogP contribution < -0.4 is 16.4 Å². The fraction of sp³-hybridized carbons (Fsp3) is 0.818. The lowest BCUT2D eigenvalue weighted by atomic mass is 10.2. The highest BCUT2D eigenvalue weighted by molar-refractivity contribution is 5.81. The van der Waals surface area contributed by atoms with E-state index in [1.165, 1.54) is 0 Å². The molecule has 16 heavy (non-hydrogen) atoms. The van der Waals surface area contributed by atoms with Gasteiger partial charge in [0.25, 0.3) is 0 Å². The van der Waals surface area contributed by atoms with Crippen molar-refractivity contribution in [2.24, 2.45) is 5.73 Å². The topological polar surface area (TPSA) is 84.2 Å². The van der Waals surface area contributed by atoms with Crippen LogP contribution in [0.15, 0.2) is 0 Å². The molecule has 5 heteroatoms. The molecular formula is C11H23N3O2. The van der Waals surface area contributed by atoms with Crippen LogP contribution in [0.1, 0.15) is 40.0 Å². The van der Waals surface area contributed by atoms with Crippen LogP contribution in [0.2, 0.25) is 0 Å². The van der Waals surface area contributed by atoms with Crippen molar-refractivity contribution in [3.63, 3.8) is 0 Å². The van der Waals surface area contributed by atoms with E-state index in [0.29, 0.717) is 6.54 Å². The van der Waals surface area contributed by atoms with Crippen LogP contribution in [0.5, 0.6) is 0 Å². The summed E-state index contributed by atoms with van der Waals surface area (Å²) in [6.45, 7) is 6.27. The Balaban J connectivity index is 3.76. The van der Waals surface area contributed by atoms with E-state index in [1.807, 2.05) is 6.92 Å². The number of nitrogens with two attached hydrogens (primary N) is 1. The average Bonchev–Trinajstić information content (AvgIpc) is 2.17. The minimum atomic E-state index is -0.362. The third kappa shape index (κ3) is 7.23. The predicted octanol–water partition coefficient (Wildman–Crippen LogP) is 0.145. The fourth-order valence-corrected chi connectivity index (χ4v) is 1.38. The van der Waals surface area contributed by atoms with Gasteiger partial charge in [0, 0.05) is 19.0 Å². The largest absolute Gasteiger partial charge is 0.370 e. The van der Waals surface area contributed by atoms with Crippen molar-refractivity contribution in [3.05, 3.63) is 0 Å². The molecule has 0 aliphatic heterocycles. The van der Waals surface area contributed by atoms with Crippen molar-refractivity contribution in [3.8, 4) is 0 Å². The Morgan fingerprint density at radius 3 is 2.44 bits per heavy atom. The zero-order valence-electron chi connectivity index (χ0n) is 10.4. The summed E-state index contributed by atoms with van der Waals surface area (Å²) in [5.74, 6) is -0.398. The van der Waals surface area contributed by atoms with E-state index in [4.69, 9.17) is 5.73 Å². The van der Waals surface area contributed by atoms with Crippen LogP contribution in [0.25, 0.3) is 0 Å². The maximum atomic E-state index is 11.6. The molecule has 0 aromatic carbocycles. The van der Waals surface area contributed by atoms with Gasteiger partial charge in [0.2, 0.25) is 11.8 Å². The summed E-state index contributed by atoms with van der Waals surface area (Å²) < 4.78 is 0. The number of carbonyl (C=O) groups excluding carboxylic acids is 2. The van der Waals surface area contributed by atoms with Gasteiger partial charge in [-0.05, 0) is 20.3 Å². The minimum Gasteiger partial charge on any atom is -0.370 e. The first-order valence-electron chi connectivity index (χ1n) is 5.79. The molecule has 0 rings (SSSR count). The van der Waals surface area contributed by atoms with Gasteiger partial charge in [-0.15, -0.1) is 0 Å². The predicted molar refractivity (Wildman–Crippen MR) is 63.8 cm³/mol. The first kappa shape index (κ1) is 14.9. The van der Waals surface area contributed by atoms with Gasteiger partial charge in [-0.2, -0.15) is 0 Å². The van der Waals surface area contributed by atoms with Gasteiger partial charge < -0.3 is 16.4 Å². The zero-order chi connectivity index (χ0) is 12.6. The lowest BCUT2D eigenvalue weighted by molar-refractivity contribution is -0.124. The molecule has 2 amide bonds. The Morgan fingerprint density at radius 1 is 1.31 bits per heavy atom. The third-order valence-corrected chi connectivity index (χ3v) is 2.33. The Kier molecular flexibility index (Phi) is 7.54. The molecule has 0 aromatic heterocycles. The second-order valence-electron chi connectivity index (χ2n) is 4.09. The lowest BCUT2D eigenvalue weighted by Gasteiger charge is -2.17. The van der Waals surface area contributed by atoms with Crippen LogP contribution in [0, 0.1) is 0 Å². The molecule has 0 saturated carbocycles. The summed E-state index contributed by atoms with van der Waals surface area (Å²) in [5.41, 5.74) is 5.00. The molecular weight excluding hydrogens is 206 g/mol. The van der Waals surface area contributed by atoms with Crippen LogP contribution in [-0.4, -0.2) is 30.4 Å². The highest BCUT2D eigenvalue weighted by Gasteiger charge is 2.13. The van der Waals surface area contributed by atoms with Gasteiger partial charge in [-0.25, -0.2) is 0 Å². The van der Waals surface area contributed by atoms with Crippen LogP contribution in [0.4, 0.5) is 0 Å². The first-order valence-corrected chi connectivity index (χ1v) is 5.79. The number of nitrogens with one attached hydrogen (secondary N) is 2. The Morgan fingerprint density at radius 2 is 1.94 bits per heavy atom. The van der Waals surface area contributed by atoms with Gasteiger partial charge >= 0.3 is 0 Å². The van der Waals surface area contributed by atoms with Crippen molar-refractivity contribution < 1.29 is 9.59 Å². The molecule has 0 spiro atoms. The number of hydrogen-bond donors (Lipinski definition) is 3. The van der Waals surface area contributed by atoms with Gasteiger partial charge in [0.15, 0.2) is 0 Å². The summed E-state index contributed by atoms with van der Waals surface area (Å²) in [4.78, 5) is 22.1. The lowest BCUT2D eigenvalue weighted by Crippen LogP contribution is -2.46. The standard InChI is InChI=1S/C11H23N3O2/c1-4-5-8(2)14-11(16)9(3)13-7-6-10(12)15/h8-9,13H,4-7H2,1-3H3,(H2,12,15)(H,14,16). The van der Waals surface area contributed by atoms with Gasteiger partial charge in [-0.3, -0.25) is 9.59 Å². The number of rotatable bonds is 8. The highest BCUT2D eigenvalue weighted by Crippen LogP contribution is 1.95. The Bertz CT molecular complexity index is 231. The van der Waals surface area contributed by atoms with Gasteiger partial charge in [0.05, 0.1) is 6.04 Å². The molecule has 4 N–H and O–H groups in total. The maximum Gasteiger partial charge on any atom is 0.237 e. The second kappa shape index (κ2) is 8.10. The molecule has 0 saturated heterocycles. The van der Waals surface area contributed by atoms with E-state index < -0.39 is 0 Å². The molecule has 0 aromatic rings. The fourth-order valence-electron chi connectivity index (χ4n) is 1.38. The number of carbonyl (C=O) groups is 2. The molecule has 0 aliphatic carbocycles. The quantitative estimate of drug-likeness (QED) is 0.553. The van der Waals surface area contributed by atoms with E-state index in [1.54, 1.807) is 6.92 Å². The van der Waals surface area contributed by atoms with Crippen LogP contribution in [0.3, 0.4) is 0 Å². The molecule has 0 aliphatic rings. The van der Waals surface area contributed by atoms with Crippen molar-refractivity contribution >= 4 is 11.8 Å². The highest BCUT2D eigenvalue weighted by atomic mass is 16.2. The summed E-state index contributed by atoms with van der Waals surface area (Å²) in [6.07, 6.45) is 2.27. The number of amides is 2.